The van der Waals surface area contributed by atoms with E-state index in [9.17, 15) is 9.59 Å². The smallest absolute Gasteiger partial charge is 0.308 e. The fourth-order valence-corrected chi connectivity index (χ4v) is 4.58. The predicted octanol–water partition coefficient (Wildman–Crippen LogP) is 6.39. The Labute approximate surface area is 182 Å². The standard InChI is InChI=1S/C24H17ClO4S/c1-14(26)29-18-9-5-15(6-10-18)23(27)22-20-12-11-19(28-2)13-21(20)30-24(22)16-3-7-17(25)8-4-16/h3-13H,1-2H3. The molecule has 3 aromatic carbocycles. The number of rotatable bonds is 5. The second-order valence-corrected chi connectivity index (χ2v) is 8.11. The molecule has 0 saturated carbocycles. The van der Waals surface area contributed by atoms with Gasteiger partial charge in [0.2, 0.25) is 0 Å². The van der Waals surface area contributed by atoms with Gasteiger partial charge in [-0.15, -0.1) is 11.3 Å². The van der Waals surface area contributed by atoms with E-state index in [0.29, 0.717) is 21.9 Å². The summed E-state index contributed by atoms with van der Waals surface area (Å²) in [5.74, 6) is 0.621. The summed E-state index contributed by atoms with van der Waals surface area (Å²) in [5, 5.41) is 1.50. The number of thiophene rings is 1. The van der Waals surface area contributed by atoms with Crippen LogP contribution in [0, 0.1) is 0 Å². The van der Waals surface area contributed by atoms with Gasteiger partial charge in [-0.05, 0) is 60.2 Å². The Kier molecular flexibility index (Phi) is 5.57. The molecule has 0 bridgehead atoms. The van der Waals surface area contributed by atoms with Crippen LogP contribution in [0.5, 0.6) is 11.5 Å². The zero-order valence-electron chi connectivity index (χ0n) is 16.3. The highest BCUT2D eigenvalue weighted by atomic mass is 35.5. The van der Waals surface area contributed by atoms with Gasteiger partial charge in [-0.25, -0.2) is 0 Å². The molecule has 1 heterocycles. The first-order valence-corrected chi connectivity index (χ1v) is 10.4. The largest absolute Gasteiger partial charge is 0.497 e. The summed E-state index contributed by atoms with van der Waals surface area (Å²) in [6.45, 7) is 1.34. The van der Waals surface area contributed by atoms with E-state index in [1.807, 2.05) is 42.5 Å². The fourth-order valence-electron chi connectivity index (χ4n) is 3.22. The third kappa shape index (κ3) is 3.95. The SMILES string of the molecule is COc1ccc2c(C(=O)c3ccc(OC(C)=O)cc3)c(-c3ccc(Cl)cc3)sc2c1. The lowest BCUT2D eigenvalue weighted by atomic mass is 9.97. The van der Waals surface area contributed by atoms with Gasteiger partial charge < -0.3 is 9.47 Å². The maximum absolute atomic E-state index is 13.5. The molecule has 0 fully saturated rings. The number of ketones is 1. The molecule has 1 aromatic heterocycles. The second kappa shape index (κ2) is 8.30. The maximum atomic E-state index is 13.5. The molecule has 30 heavy (non-hydrogen) atoms. The van der Waals surface area contributed by atoms with Gasteiger partial charge in [0, 0.05) is 38.0 Å². The Hall–Kier alpha value is -3.15. The van der Waals surface area contributed by atoms with Crippen molar-refractivity contribution >= 4 is 44.8 Å². The van der Waals surface area contributed by atoms with Crippen LogP contribution in [0.25, 0.3) is 20.5 Å². The molecule has 0 aliphatic carbocycles. The molecule has 0 radical (unpaired) electrons. The number of methoxy groups -OCH3 is 1. The van der Waals surface area contributed by atoms with Crippen LogP contribution in [0.3, 0.4) is 0 Å². The number of hydrogen-bond acceptors (Lipinski definition) is 5. The predicted molar refractivity (Wildman–Crippen MR) is 120 cm³/mol. The van der Waals surface area contributed by atoms with E-state index < -0.39 is 5.97 Å². The van der Waals surface area contributed by atoms with Crippen LogP contribution in [0.1, 0.15) is 22.8 Å². The first kappa shape index (κ1) is 20.1. The molecule has 4 aromatic rings. The second-order valence-electron chi connectivity index (χ2n) is 6.62. The van der Waals surface area contributed by atoms with E-state index in [1.165, 1.54) is 18.3 Å². The molecular weight excluding hydrogens is 420 g/mol. The third-order valence-electron chi connectivity index (χ3n) is 4.61. The summed E-state index contributed by atoms with van der Waals surface area (Å²) in [5.41, 5.74) is 2.05. The number of benzene rings is 3. The van der Waals surface area contributed by atoms with E-state index in [2.05, 4.69) is 0 Å². The number of halogens is 1. The lowest BCUT2D eigenvalue weighted by Crippen LogP contribution is -2.04. The molecule has 0 saturated heterocycles. The van der Waals surface area contributed by atoms with Crippen LogP contribution in [0.2, 0.25) is 5.02 Å². The van der Waals surface area contributed by atoms with E-state index in [-0.39, 0.29) is 5.78 Å². The van der Waals surface area contributed by atoms with Gasteiger partial charge in [-0.3, -0.25) is 9.59 Å². The summed E-state index contributed by atoms with van der Waals surface area (Å²) in [6, 6.07) is 19.7. The van der Waals surface area contributed by atoms with E-state index >= 15 is 0 Å². The van der Waals surface area contributed by atoms with Gasteiger partial charge >= 0.3 is 5.97 Å². The summed E-state index contributed by atoms with van der Waals surface area (Å²) in [6.07, 6.45) is 0. The highest BCUT2D eigenvalue weighted by Crippen LogP contribution is 2.41. The van der Waals surface area contributed by atoms with Gasteiger partial charge in [0.25, 0.3) is 0 Å². The minimum absolute atomic E-state index is 0.106. The van der Waals surface area contributed by atoms with E-state index in [0.717, 1.165) is 26.3 Å². The molecule has 0 unspecified atom stereocenters. The Balaban J connectivity index is 1.85. The van der Waals surface area contributed by atoms with Crippen molar-refractivity contribution in [3.05, 3.63) is 82.9 Å². The number of ether oxygens (including phenoxy) is 2. The first-order valence-electron chi connectivity index (χ1n) is 9.16. The van der Waals surface area contributed by atoms with Crippen LogP contribution < -0.4 is 9.47 Å². The average molecular weight is 437 g/mol. The molecule has 0 N–H and O–H groups in total. The number of fused-ring (bicyclic) bond motifs is 1. The van der Waals surface area contributed by atoms with Crippen molar-refractivity contribution in [3.63, 3.8) is 0 Å². The number of carbonyl (C=O) groups is 2. The molecule has 0 amide bonds. The molecule has 150 valence electrons. The highest BCUT2D eigenvalue weighted by molar-refractivity contribution is 7.22. The van der Waals surface area contributed by atoms with Crippen LogP contribution >= 0.6 is 22.9 Å². The molecule has 0 spiro atoms. The van der Waals surface area contributed by atoms with Gasteiger partial charge in [0.15, 0.2) is 5.78 Å². The van der Waals surface area contributed by atoms with Gasteiger partial charge in [-0.2, -0.15) is 0 Å². The summed E-state index contributed by atoms with van der Waals surface area (Å²) in [7, 11) is 1.62. The minimum atomic E-state index is -0.406. The van der Waals surface area contributed by atoms with Gasteiger partial charge in [0.05, 0.1) is 7.11 Å². The molecule has 6 heteroatoms. The molecule has 4 rings (SSSR count). The topological polar surface area (TPSA) is 52.6 Å². The van der Waals surface area contributed by atoms with Crippen LogP contribution in [-0.4, -0.2) is 18.9 Å². The van der Waals surface area contributed by atoms with Gasteiger partial charge in [0.1, 0.15) is 11.5 Å². The number of esters is 1. The normalized spacial score (nSPS) is 10.8. The highest BCUT2D eigenvalue weighted by Gasteiger charge is 2.22. The Morgan fingerprint density at radius 1 is 0.900 bits per heavy atom. The Morgan fingerprint density at radius 2 is 1.57 bits per heavy atom. The monoisotopic (exact) mass is 436 g/mol. The minimum Gasteiger partial charge on any atom is -0.497 e. The molecule has 0 aliphatic rings. The zero-order chi connectivity index (χ0) is 21.3. The van der Waals surface area contributed by atoms with Crippen molar-refractivity contribution in [1.29, 1.82) is 0 Å². The van der Waals surface area contributed by atoms with Crippen LogP contribution in [-0.2, 0) is 4.79 Å². The average Bonchev–Trinajstić information content (AvgIpc) is 3.12. The lowest BCUT2D eigenvalue weighted by molar-refractivity contribution is -0.131. The summed E-state index contributed by atoms with van der Waals surface area (Å²) < 4.78 is 11.4. The summed E-state index contributed by atoms with van der Waals surface area (Å²) >= 11 is 7.58. The molecule has 4 nitrogen and oxygen atoms in total. The lowest BCUT2D eigenvalue weighted by Gasteiger charge is -2.07. The van der Waals surface area contributed by atoms with Crippen molar-refractivity contribution in [2.24, 2.45) is 0 Å². The van der Waals surface area contributed by atoms with Crippen molar-refractivity contribution in [1.82, 2.24) is 0 Å². The summed E-state index contributed by atoms with van der Waals surface area (Å²) in [4.78, 5) is 25.5. The van der Waals surface area contributed by atoms with E-state index in [4.69, 9.17) is 21.1 Å². The van der Waals surface area contributed by atoms with Crippen molar-refractivity contribution in [3.8, 4) is 21.9 Å². The zero-order valence-corrected chi connectivity index (χ0v) is 17.8. The van der Waals surface area contributed by atoms with Crippen molar-refractivity contribution in [2.75, 3.05) is 7.11 Å². The van der Waals surface area contributed by atoms with Crippen LogP contribution in [0.15, 0.2) is 66.7 Å². The molecule has 0 atom stereocenters. The quantitative estimate of drug-likeness (QED) is 0.207. The first-order chi connectivity index (χ1) is 14.5. The van der Waals surface area contributed by atoms with Crippen molar-refractivity contribution in [2.45, 2.75) is 6.92 Å². The molecule has 0 aliphatic heterocycles. The molecular formula is C24H17ClO4S. The number of hydrogen-bond donors (Lipinski definition) is 0. The Morgan fingerprint density at radius 3 is 2.20 bits per heavy atom. The third-order valence-corrected chi connectivity index (χ3v) is 6.06. The van der Waals surface area contributed by atoms with Crippen molar-refractivity contribution < 1.29 is 19.1 Å². The Bertz CT molecular complexity index is 1240. The van der Waals surface area contributed by atoms with Crippen LogP contribution in [0.4, 0.5) is 0 Å². The van der Waals surface area contributed by atoms with E-state index in [1.54, 1.807) is 31.4 Å². The maximum Gasteiger partial charge on any atom is 0.308 e. The fraction of sp³-hybridized carbons (Fsp3) is 0.0833. The van der Waals surface area contributed by atoms with Gasteiger partial charge in [-0.1, -0.05) is 23.7 Å². The number of carbonyl (C=O) groups excluding carboxylic acids is 2.